The Labute approximate surface area is 372 Å². The minimum atomic E-state index is -3.89. The van der Waals surface area contributed by atoms with E-state index in [0.29, 0.717) is 67.3 Å². The number of esters is 1. The Kier molecular flexibility index (Phi) is 16.8. The van der Waals surface area contributed by atoms with Crippen molar-refractivity contribution < 1.29 is 46.0 Å². The third kappa shape index (κ3) is 16.0. The summed E-state index contributed by atoms with van der Waals surface area (Å²) in [7, 11) is -3.89. The van der Waals surface area contributed by atoms with E-state index >= 15 is 0 Å². The molecule has 3 amide bonds. The van der Waals surface area contributed by atoms with E-state index in [1.807, 2.05) is 27.7 Å². The van der Waals surface area contributed by atoms with Crippen LogP contribution in [0.2, 0.25) is 0 Å². The zero-order valence-electron chi connectivity index (χ0n) is 37.6. The second kappa shape index (κ2) is 21.8. The minimum absolute atomic E-state index is 0.0156. The van der Waals surface area contributed by atoms with Crippen LogP contribution in [0.5, 0.6) is 5.75 Å². The molecule has 0 aliphatic carbocycles. The molecule has 5 rings (SSSR count). The van der Waals surface area contributed by atoms with E-state index in [0.717, 1.165) is 24.8 Å². The average Bonchev–Trinajstić information content (AvgIpc) is 3.23. The van der Waals surface area contributed by atoms with Gasteiger partial charge in [-0.3, -0.25) is 23.6 Å². The van der Waals surface area contributed by atoms with Crippen LogP contribution in [-0.4, -0.2) is 97.7 Å². The highest BCUT2D eigenvalue weighted by Gasteiger charge is 2.32. The molecule has 63 heavy (non-hydrogen) atoms. The molecule has 3 aromatic rings. The van der Waals surface area contributed by atoms with Crippen LogP contribution >= 0.6 is 0 Å². The van der Waals surface area contributed by atoms with Crippen molar-refractivity contribution in [2.45, 2.75) is 116 Å². The number of aromatic nitrogens is 1. The van der Waals surface area contributed by atoms with E-state index < -0.39 is 39.2 Å². The molecule has 2 atom stereocenters. The Morgan fingerprint density at radius 1 is 0.825 bits per heavy atom. The number of nitrogens with zero attached hydrogens (tertiary/aromatic N) is 3. The summed E-state index contributed by atoms with van der Waals surface area (Å²) >= 11 is 0. The highest BCUT2D eigenvalue weighted by Crippen LogP contribution is 2.27. The summed E-state index contributed by atoms with van der Waals surface area (Å²) in [5.41, 5.74) is 1.50. The van der Waals surface area contributed by atoms with E-state index in [2.05, 4.69) is 22.1 Å². The van der Waals surface area contributed by atoms with Gasteiger partial charge < -0.3 is 29.3 Å². The topological polar surface area (TPSA) is 171 Å². The third-order valence-electron chi connectivity index (χ3n) is 10.6. The maximum absolute atomic E-state index is 13.9. The zero-order chi connectivity index (χ0) is 45.8. The lowest BCUT2D eigenvalue weighted by Crippen LogP contribution is -2.46. The number of hydrogen-bond donors (Lipinski definition) is 1. The van der Waals surface area contributed by atoms with Crippen molar-refractivity contribution in [2.24, 2.45) is 11.8 Å². The van der Waals surface area contributed by atoms with E-state index in [1.54, 1.807) is 85.4 Å². The van der Waals surface area contributed by atoms with E-state index in [-0.39, 0.29) is 49.0 Å². The predicted molar refractivity (Wildman–Crippen MR) is 237 cm³/mol. The summed E-state index contributed by atoms with van der Waals surface area (Å²) in [6.45, 7) is 14.7. The SMILES string of the molecule is Cc1ccc(S(=O)(=O)OCCOc2ccc(C#Cc3cncc(C(CC(=O)OC(C)(C)C)NC(=O)[C@@H]4CCCN(C(=O)CCC5CCN(C(=O)OC(C)(C)C)CC5)C4)c3)cc2)cc1. The number of ether oxygens (including phenoxy) is 3. The lowest BCUT2D eigenvalue weighted by molar-refractivity contribution is -0.155. The lowest BCUT2D eigenvalue weighted by atomic mass is 9.91. The molecule has 2 aromatic carbocycles. The summed E-state index contributed by atoms with van der Waals surface area (Å²) < 4.78 is 46.8. The van der Waals surface area contributed by atoms with Gasteiger partial charge in [0.1, 0.15) is 30.2 Å². The number of aryl methyl sites for hydroxylation is 1. The Hall–Kier alpha value is -5.46. The fourth-order valence-electron chi connectivity index (χ4n) is 7.30. The first-order chi connectivity index (χ1) is 29.7. The van der Waals surface area contributed by atoms with Crippen molar-refractivity contribution in [3.8, 4) is 17.6 Å². The molecular formula is C48H62N4O10S. The molecule has 340 valence electrons. The molecule has 0 spiro atoms. The monoisotopic (exact) mass is 886 g/mol. The first-order valence-electron chi connectivity index (χ1n) is 21.7. The van der Waals surface area contributed by atoms with Crippen molar-refractivity contribution in [3.63, 3.8) is 0 Å². The summed E-state index contributed by atoms with van der Waals surface area (Å²) in [6, 6.07) is 14.4. The number of hydrogen-bond acceptors (Lipinski definition) is 11. The Balaban J connectivity index is 1.15. The molecule has 1 unspecified atom stereocenters. The van der Waals surface area contributed by atoms with E-state index in [4.69, 9.17) is 18.4 Å². The van der Waals surface area contributed by atoms with Crippen LogP contribution < -0.4 is 10.1 Å². The van der Waals surface area contributed by atoms with Gasteiger partial charge in [0.2, 0.25) is 11.8 Å². The van der Waals surface area contributed by atoms with Gasteiger partial charge in [-0.05, 0) is 135 Å². The minimum Gasteiger partial charge on any atom is -0.491 e. The van der Waals surface area contributed by atoms with Gasteiger partial charge in [-0.1, -0.05) is 29.5 Å². The molecule has 1 N–H and O–H groups in total. The van der Waals surface area contributed by atoms with Crippen molar-refractivity contribution in [1.82, 2.24) is 20.1 Å². The quantitative estimate of drug-likeness (QED) is 0.0756. The Morgan fingerprint density at radius 3 is 2.16 bits per heavy atom. The number of likely N-dealkylation sites (tertiary alicyclic amines) is 2. The zero-order valence-corrected chi connectivity index (χ0v) is 38.4. The third-order valence-corrected chi connectivity index (χ3v) is 11.9. The van der Waals surface area contributed by atoms with E-state index in [1.165, 1.54) is 12.1 Å². The summed E-state index contributed by atoms with van der Waals surface area (Å²) in [5.74, 6) is 5.87. The van der Waals surface area contributed by atoms with Crippen LogP contribution in [0.1, 0.15) is 115 Å². The molecule has 2 saturated heterocycles. The smallest absolute Gasteiger partial charge is 0.410 e. The Bertz CT molecular complexity index is 2210. The number of benzene rings is 2. The maximum Gasteiger partial charge on any atom is 0.410 e. The molecule has 0 radical (unpaired) electrons. The fraction of sp³-hybridized carbons (Fsp3) is 0.521. The van der Waals surface area contributed by atoms with Crippen molar-refractivity contribution >= 4 is 34.0 Å². The number of amides is 3. The van der Waals surface area contributed by atoms with Crippen LogP contribution in [-0.2, 0) is 38.2 Å². The first-order valence-corrected chi connectivity index (χ1v) is 23.1. The number of carbonyl (C=O) groups is 4. The molecule has 3 heterocycles. The van der Waals surface area contributed by atoms with Crippen molar-refractivity contribution in [2.75, 3.05) is 39.4 Å². The standard InChI is InChI=1S/C48H62N4O10S/c1-34-10-19-41(20-11-34)63(57,58)60-28-27-59-40-17-14-35(15-18-40)12-13-37-29-39(32-49-31-37)42(30-44(54)61-47(2,3)4)50-45(55)38-9-8-24-52(33-38)43(53)21-16-36-22-25-51(26-23-36)46(56)62-48(5,6)7/h10-11,14-15,17-20,29,31-32,36,38,42H,8-9,16,21-28,30,33H2,1-7H3,(H,50,55)/t38-,42?/m1/s1. The van der Waals surface area contributed by atoms with Gasteiger partial charge in [-0.2, -0.15) is 8.42 Å². The summed E-state index contributed by atoms with van der Waals surface area (Å²) in [6.07, 6.45) is 6.77. The van der Waals surface area contributed by atoms with Crippen LogP contribution in [0.25, 0.3) is 0 Å². The highest BCUT2D eigenvalue weighted by atomic mass is 32.2. The Morgan fingerprint density at radius 2 is 1.49 bits per heavy atom. The lowest BCUT2D eigenvalue weighted by Gasteiger charge is -2.35. The van der Waals surface area contributed by atoms with Gasteiger partial charge in [0.25, 0.3) is 10.1 Å². The van der Waals surface area contributed by atoms with E-state index in [9.17, 15) is 27.6 Å². The van der Waals surface area contributed by atoms with Gasteiger partial charge in [-0.25, -0.2) is 4.79 Å². The van der Waals surface area contributed by atoms with Crippen molar-refractivity contribution in [3.05, 3.63) is 89.2 Å². The molecule has 15 heteroatoms. The van der Waals surface area contributed by atoms with Gasteiger partial charge in [0.05, 0.1) is 23.3 Å². The van der Waals surface area contributed by atoms with Crippen LogP contribution in [0.3, 0.4) is 0 Å². The molecule has 0 bridgehead atoms. The normalized spacial score (nSPS) is 16.6. The van der Waals surface area contributed by atoms with Crippen molar-refractivity contribution in [1.29, 1.82) is 0 Å². The molecule has 14 nitrogen and oxygen atoms in total. The second-order valence-electron chi connectivity index (χ2n) is 18.2. The highest BCUT2D eigenvalue weighted by molar-refractivity contribution is 7.86. The molecule has 2 aliphatic rings. The van der Waals surface area contributed by atoms with Gasteiger partial charge in [-0.15, -0.1) is 0 Å². The second-order valence-corrected chi connectivity index (χ2v) is 19.8. The van der Waals surface area contributed by atoms with Gasteiger partial charge in [0, 0.05) is 56.1 Å². The number of rotatable bonds is 14. The fourth-order valence-corrected chi connectivity index (χ4v) is 8.19. The van der Waals surface area contributed by atoms with Crippen LogP contribution in [0.15, 0.2) is 71.9 Å². The first kappa shape index (κ1) is 48.6. The number of nitrogens with one attached hydrogen (secondary N) is 1. The molecule has 0 saturated carbocycles. The summed E-state index contributed by atoms with van der Waals surface area (Å²) in [4.78, 5) is 60.9. The molecule has 2 fully saturated rings. The largest absolute Gasteiger partial charge is 0.491 e. The summed E-state index contributed by atoms with van der Waals surface area (Å²) in [5, 5.41) is 3.07. The molecular weight excluding hydrogens is 825 g/mol. The van der Waals surface area contributed by atoms with Gasteiger partial charge in [0.15, 0.2) is 0 Å². The molecule has 2 aliphatic heterocycles. The number of piperidine rings is 2. The molecule has 1 aromatic heterocycles. The number of pyridine rings is 1. The maximum atomic E-state index is 13.9. The number of carbonyl (C=O) groups excluding carboxylic acids is 4. The predicted octanol–water partition coefficient (Wildman–Crippen LogP) is 7.13. The average molecular weight is 887 g/mol. The van der Waals surface area contributed by atoms with Crippen LogP contribution in [0, 0.1) is 30.6 Å². The van der Waals surface area contributed by atoms with Crippen LogP contribution in [0.4, 0.5) is 4.79 Å². The van der Waals surface area contributed by atoms with Gasteiger partial charge >= 0.3 is 12.1 Å².